The van der Waals surface area contributed by atoms with Crippen LogP contribution >= 0.6 is 0 Å². The summed E-state index contributed by atoms with van der Waals surface area (Å²) in [7, 11) is 4.30. The predicted molar refractivity (Wildman–Crippen MR) is 107 cm³/mol. The molecule has 3 rings (SSSR count). The third-order valence-electron chi connectivity index (χ3n) is 4.43. The lowest BCUT2D eigenvalue weighted by molar-refractivity contribution is 0.0980. The fourth-order valence-corrected chi connectivity index (χ4v) is 2.96. The largest absolute Gasteiger partial charge is 0.496 e. The van der Waals surface area contributed by atoms with E-state index in [-0.39, 0.29) is 23.5 Å². The molecule has 1 aromatic heterocycles. The maximum Gasteiger partial charge on any atom is 0.262 e. The average Bonchev–Trinajstić information content (AvgIpc) is 2.77. The van der Waals surface area contributed by atoms with Gasteiger partial charge in [-0.2, -0.15) is 0 Å². The summed E-state index contributed by atoms with van der Waals surface area (Å²) in [6, 6.07) is 11.2. The molecule has 30 heavy (non-hydrogen) atoms. The Morgan fingerprint density at radius 1 is 0.933 bits per heavy atom. The number of carbonyl (C=O) groups is 1. The molecule has 6 nitrogen and oxygen atoms in total. The summed E-state index contributed by atoms with van der Waals surface area (Å²) in [4.78, 5) is 18.9. The van der Waals surface area contributed by atoms with E-state index in [1.54, 1.807) is 24.4 Å². The Morgan fingerprint density at radius 2 is 1.63 bits per heavy atom. The van der Waals surface area contributed by atoms with Crippen molar-refractivity contribution >= 4 is 11.6 Å². The SMILES string of the molecule is COc1cc(OC)c(C(=O)N(Cc2ccccn2)c2ccc(F)cc2F)cc1OC. The topological polar surface area (TPSA) is 60.9 Å². The maximum absolute atomic E-state index is 14.6. The first kappa shape index (κ1) is 21.0. The molecule has 0 saturated heterocycles. The van der Waals surface area contributed by atoms with Crippen LogP contribution in [0.4, 0.5) is 14.5 Å². The normalized spacial score (nSPS) is 10.4. The number of anilines is 1. The van der Waals surface area contributed by atoms with Gasteiger partial charge in [-0.15, -0.1) is 0 Å². The molecule has 0 bridgehead atoms. The zero-order valence-electron chi connectivity index (χ0n) is 16.7. The first-order chi connectivity index (χ1) is 14.5. The van der Waals surface area contributed by atoms with Gasteiger partial charge in [0.05, 0.1) is 44.8 Å². The lowest BCUT2D eigenvalue weighted by Gasteiger charge is -2.24. The van der Waals surface area contributed by atoms with E-state index in [2.05, 4.69) is 4.98 Å². The van der Waals surface area contributed by atoms with Crippen molar-refractivity contribution in [2.45, 2.75) is 6.54 Å². The number of amides is 1. The highest BCUT2D eigenvalue weighted by molar-refractivity contribution is 6.08. The summed E-state index contributed by atoms with van der Waals surface area (Å²) in [5.41, 5.74) is 0.549. The van der Waals surface area contributed by atoms with E-state index in [9.17, 15) is 13.6 Å². The number of methoxy groups -OCH3 is 3. The van der Waals surface area contributed by atoms with Crippen LogP contribution in [0.15, 0.2) is 54.7 Å². The lowest BCUT2D eigenvalue weighted by Crippen LogP contribution is -2.32. The molecule has 0 aliphatic rings. The number of aromatic nitrogens is 1. The Hall–Kier alpha value is -3.68. The van der Waals surface area contributed by atoms with Crippen molar-refractivity contribution in [1.82, 2.24) is 4.98 Å². The van der Waals surface area contributed by atoms with Crippen molar-refractivity contribution in [1.29, 1.82) is 0 Å². The zero-order chi connectivity index (χ0) is 21.7. The summed E-state index contributed by atoms with van der Waals surface area (Å²) in [6.45, 7) is -0.0419. The van der Waals surface area contributed by atoms with Gasteiger partial charge in [-0.1, -0.05) is 6.07 Å². The standard InChI is InChI=1S/C22H20F2N2O4/c1-28-19-12-21(30-3)20(29-2)11-16(19)22(27)26(13-15-6-4-5-9-25-15)18-8-7-14(23)10-17(18)24/h4-12H,13H2,1-3H3. The molecule has 0 fully saturated rings. The Labute approximate surface area is 172 Å². The second-order valence-electron chi connectivity index (χ2n) is 6.22. The van der Waals surface area contributed by atoms with Gasteiger partial charge in [-0.05, 0) is 24.3 Å². The number of pyridine rings is 1. The molecule has 0 aliphatic heterocycles. The molecule has 0 aliphatic carbocycles. The summed E-state index contributed by atoms with van der Waals surface area (Å²) >= 11 is 0. The molecular weight excluding hydrogens is 394 g/mol. The minimum atomic E-state index is -0.876. The summed E-state index contributed by atoms with van der Waals surface area (Å²) in [6.07, 6.45) is 1.57. The molecule has 8 heteroatoms. The molecule has 0 spiro atoms. The van der Waals surface area contributed by atoms with E-state index in [1.807, 2.05) is 0 Å². The van der Waals surface area contributed by atoms with Crippen LogP contribution in [0.3, 0.4) is 0 Å². The van der Waals surface area contributed by atoms with Gasteiger partial charge in [0.25, 0.3) is 5.91 Å². The molecule has 3 aromatic rings. The average molecular weight is 414 g/mol. The van der Waals surface area contributed by atoms with Crippen molar-refractivity contribution in [2.24, 2.45) is 0 Å². The molecule has 0 N–H and O–H groups in total. The van der Waals surface area contributed by atoms with Gasteiger partial charge in [0.1, 0.15) is 17.4 Å². The maximum atomic E-state index is 14.6. The van der Waals surface area contributed by atoms with Gasteiger partial charge in [-0.3, -0.25) is 14.7 Å². The van der Waals surface area contributed by atoms with Gasteiger partial charge in [0.2, 0.25) is 0 Å². The van der Waals surface area contributed by atoms with Crippen molar-refractivity contribution in [3.05, 3.63) is 77.6 Å². The molecule has 2 aromatic carbocycles. The molecule has 0 radical (unpaired) electrons. The van der Waals surface area contributed by atoms with Gasteiger partial charge in [0.15, 0.2) is 11.5 Å². The molecule has 156 valence electrons. The molecule has 0 atom stereocenters. The van der Waals surface area contributed by atoms with E-state index in [4.69, 9.17) is 14.2 Å². The van der Waals surface area contributed by atoms with Gasteiger partial charge >= 0.3 is 0 Å². The van der Waals surface area contributed by atoms with Gasteiger partial charge in [-0.25, -0.2) is 8.78 Å². The Morgan fingerprint density at radius 3 is 2.23 bits per heavy atom. The molecule has 0 saturated carbocycles. The minimum Gasteiger partial charge on any atom is -0.496 e. The number of ether oxygens (including phenoxy) is 3. The number of hydrogen-bond acceptors (Lipinski definition) is 5. The van der Waals surface area contributed by atoms with Crippen molar-refractivity contribution in [3.8, 4) is 17.2 Å². The van der Waals surface area contributed by atoms with Crippen molar-refractivity contribution in [3.63, 3.8) is 0 Å². The van der Waals surface area contributed by atoms with Crippen LogP contribution in [-0.2, 0) is 6.54 Å². The van der Waals surface area contributed by atoms with Gasteiger partial charge in [0, 0.05) is 24.4 Å². The molecule has 1 amide bonds. The smallest absolute Gasteiger partial charge is 0.262 e. The number of rotatable bonds is 7. The molecule has 0 unspecified atom stereocenters. The predicted octanol–water partition coefficient (Wildman–Crippen LogP) is 4.23. The summed E-state index contributed by atoms with van der Waals surface area (Å²) < 4.78 is 43.9. The lowest BCUT2D eigenvalue weighted by atomic mass is 10.1. The van der Waals surface area contributed by atoms with Crippen LogP contribution in [0.5, 0.6) is 17.2 Å². The van der Waals surface area contributed by atoms with Crippen LogP contribution in [0.25, 0.3) is 0 Å². The summed E-state index contributed by atoms with van der Waals surface area (Å²) in [5, 5.41) is 0. The number of benzene rings is 2. The molecular formula is C22H20F2N2O4. The van der Waals surface area contributed by atoms with Crippen LogP contribution in [0, 0.1) is 11.6 Å². The third kappa shape index (κ3) is 4.32. The Balaban J connectivity index is 2.12. The first-order valence-electron chi connectivity index (χ1n) is 8.95. The second kappa shape index (κ2) is 9.21. The van der Waals surface area contributed by atoms with Crippen LogP contribution in [-0.4, -0.2) is 32.2 Å². The van der Waals surface area contributed by atoms with E-state index >= 15 is 0 Å². The second-order valence-corrected chi connectivity index (χ2v) is 6.22. The van der Waals surface area contributed by atoms with Crippen LogP contribution < -0.4 is 19.1 Å². The number of hydrogen-bond donors (Lipinski definition) is 0. The quantitative estimate of drug-likeness (QED) is 0.579. The van der Waals surface area contributed by atoms with Crippen LogP contribution in [0.2, 0.25) is 0 Å². The van der Waals surface area contributed by atoms with E-state index < -0.39 is 17.5 Å². The zero-order valence-corrected chi connectivity index (χ0v) is 16.7. The highest BCUT2D eigenvalue weighted by Gasteiger charge is 2.26. The Bertz CT molecular complexity index is 1040. The fraction of sp³-hybridized carbons (Fsp3) is 0.182. The van der Waals surface area contributed by atoms with E-state index in [0.717, 1.165) is 12.1 Å². The first-order valence-corrected chi connectivity index (χ1v) is 8.95. The fourth-order valence-electron chi connectivity index (χ4n) is 2.96. The molecule has 1 heterocycles. The number of halogens is 2. The third-order valence-corrected chi connectivity index (χ3v) is 4.43. The number of carbonyl (C=O) groups excluding carboxylic acids is 1. The summed E-state index contributed by atoms with van der Waals surface area (Å²) in [5.74, 6) is -1.31. The van der Waals surface area contributed by atoms with E-state index in [0.29, 0.717) is 17.2 Å². The van der Waals surface area contributed by atoms with E-state index in [1.165, 1.54) is 44.4 Å². The minimum absolute atomic E-state index is 0.0419. The monoisotopic (exact) mass is 414 g/mol. The van der Waals surface area contributed by atoms with Crippen molar-refractivity contribution in [2.75, 3.05) is 26.2 Å². The van der Waals surface area contributed by atoms with Crippen LogP contribution in [0.1, 0.15) is 16.1 Å². The highest BCUT2D eigenvalue weighted by atomic mass is 19.1. The van der Waals surface area contributed by atoms with Crippen molar-refractivity contribution < 1.29 is 27.8 Å². The highest BCUT2D eigenvalue weighted by Crippen LogP contribution is 2.36. The number of nitrogens with zero attached hydrogens (tertiary/aromatic N) is 2. The Kier molecular flexibility index (Phi) is 6.46. The van der Waals surface area contributed by atoms with Gasteiger partial charge < -0.3 is 14.2 Å².